The van der Waals surface area contributed by atoms with E-state index >= 15 is 0 Å². The second-order valence-electron chi connectivity index (χ2n) is 10.5. The number of hydrogen-bond acceptors (Lipinski definition) is 8. The zero-order valence-electron chi connectivity index (χ0n) is 19.9. The minimum atomic E-state index is -2.04. The van der Waals surface area contributed by atoms with Crippen LogP contribution in [-0.4, -0.2) is 83.2 Å². The van der Waals surface area contributed by atoms with Crippen molar-refractivity contribution >= 4 is 31.3 Å². The molecule has 0 unspecified atom stereocenters. The van der Waals surface area contributed by atoms with Gasteiger partial charge < -0.3 is 24.1 Å². The summed E-state index contributed by atoms with van der Waals surface area (Å²) < 4.78 is 17.7. The molecule has 1 fully saturated rings. The van der Waals surface area contributed by atoms with Crippen molar-refractivity contribution in [1.29, 1.82) is 0 Å². The lowest BCUT2D eigenvalue weighted by Crippen LogP contribution is -2.57. The molecule has 1 saturated heterocycles. The third kappa shape index (κ3) is 6.32. The summed E-state index contributed by atoms with van der Waals surface area (Å²) in [5.41, 5.74) is -1.19. The molecular weight excluding hydrogens is 436 g/mol. The van der Waals surface area contributed by atoms with Crippen molar-refractivity contribution in [1.82, 2.24) is 4.90 Å². The van der Waals surface area contributed by atoms with Crippen LogP contribution in [0.15, 0.2) is 17.6 Å². The smallest absolute Gasteiger partial charge is 0.416 e. The monoisotopic (exact) mass is 474 g/mol. The number of aliphatic hydroxyl groups excluding tert-OH is 2. The van der Waals surface area contributed by atoms with Gasteiger partial charge in [-0.3, -0.25) is 9.89 Å². The number of fused-ring (bicyclic) bond motifs is 1. The third-order valence-corrected chi connectivity index (χ3v) is 11.4. The molecule has 2 rings (SSSR count). The molecule has 0 spiro atoms. The minimum absolute atomic E-state index is 0.0186. The van der Waals surface area contributed by atoms with E-state index in [-0.39, 0.29) is 18.2 Å². The summed E-state index contributed by atoms with van der Waals surface area (Å²) in [7, 11) is -2.04. The number of aliphatic hydroxyl groups is 2. The van der Waals surface area contributed by atoms with Crippen molar-refractivity contribution in [3.8, 4) is 0 Å². The number of amides is 1. The Labute approximate surface area is 191 Å². The van der Waals surface area contributed by atoms with Crippen LogP contribution in [0.3, 0.4) is 0 Å². The number of ether oxygens (including phenoxy) is 2. The minimum Gasteiger partial charge on any atom is -0.443 e. The quantitative estimate of drug-likeness (QED) is 0.465. The van der Waals surface area contributed by atoms with E-state index in [1.165, 1.54) is 16.7 Å². The van der Waals surface area contributed by atoms with E-state index in [0.717, 1.165) is 0 Å². The molecule has 178 valence electrons. The summed E-state index contributed by atoms with van der Waals surface area (Å²) >= 11 is 1.24. The standard InChI is InChI=1S/C21H38N2O6SSi/c1-10-11-23(19(26)29-20(2,3)4)18-22-14-16(25)15(24)13(28-17(14)30-18)12-27-31(8,9)21(5,6)7/h10,13-17,24-25H,1,11-12H2,2-9H3/t13-,14-,15-,16-,17-/m1/s1. The van der Waals surface area contributed by atoms with Crippen LogP contribution in [0.4, 0.5) is 4.79 Å². The summed E-state index contributed by atoms with van der Waals surface area (Å²) in [6, 6.07) is -0.686. The molecule has 0 aromatic heterocycles. The van der Waals surface area contributed by atoms with Crippen molar-refractivity contribution in [2.75, 3.05) is 13.2 Å². The Balaban J connectivity index is 2.12. The SMILES string of the molecule is C=CCN(C(=O)OC(C)(C)C)C1=N[C@@H]2[C@@H](O)[C@H](O)[C@@H](CO[Si](C)(C)C(C)(C)C)O[C@@H]2S1. The predicted molar refractivity (Wildman–Crippen MR) is 126 cm³/mol. The van der Waals surface area contributed by atoms with Gasteiger partial charge >= 0.3 is 6.09 Å². The fraction of sp³-hybridized carbons (Fsp3) is 0.810. The number of rotatable bonds is 5. The van der Waals surface area contributed by atoms with Crippen LogP contribution in [0.1, 0.15) is 41.5 Å². The summed E-state index contributed by atoms with van der Waals surface area (Å²) in [5, 5.41) is 21.7. The van der Waals surface area contributed by atoms with Crippen molar-refractivity contribution in [3.63, 3.8) is 0 Å². The van der Waals surface area contributed by atoms with Gasteiger partial charge in [0.2, 0.25) is 0 Å². The fourth-order valence-electron chi connectivity index (χ4n) is 2.87. The number of hydrogen-bond donors (Lipinski definition) is 2. The predicted octanol–water partition coefficient (Wildman–Crippen LogP) is 3.35. The number of thioether (sulfide) groups is 1. The summed E-state index contributed by atoms with van der Waals surface area (Å²) in [4.78, 5) is 18.5. The molecule has 10 heteroatoms. The Morgan fingerprint density at radius 1 is 1.26 bits per heavy atom. The molecule has 31 heavy (non-hydrogen) atoms. The van der Waals surface area contributed by atoms with Crippen molar-refractivity contribution < 1.29 is 28.9 Å². The molecule has 0 saturated carbocycles. The number of nitrogens with zero attached hydrogens (tertiary/aromatic N) is 2. The molecule has 2 heterocycles. The first kappa shape index (κ1) is 26.3. The van der Waals surface area contributed by atoms with Gasteiger partial charge in [0.05, 0.1) is 6.61 Å². The molecule has 0 aromatic rings. The van der Waals surface area contributed by atoms with Gasteiger partial charge in [-0.1, -0.05) is 38.6 Å². The van der Waals surface area contributed by atoms with Crippen LogP contribution in [0.2, 0.25) is 18.1 Å². The average Bonchev–Trinajstić information content (AvgIpc) is 3.02. The number of aliphatic imine (C=N–C) groups is 1. The maximum Gasteiger partial charge on any atom is 0.416 e. The topological polar surface area (TPSA) is 101 Å². The van der Waals surface area contributed by atoms with Gasteiger partial charge in [-0.25, -0.2) is 4.79 Å². The first-order valence-electron chi connectivity index (χ1n) is 10.6. The van der Waals surface area contributed by atoms with Crippen LogP contribution in [-0.2, 0) is 13.9 Å². The maximum absolute atomic E-state index is 12.7. The highest BCUT2D eigenvalue weighted by Gasteiger charge is 2.50. The highest BCUT2D eigenvalue weighted by atomic mass is 32.2. The van der Waals surface area contributed by atoms with Crippen molar-refractivity contribution in [2.24, 2.45) is 4.99 Å². The van der Waals surface area contributed by atoms with Gasteiger partial charge in [-0.15, -0.1) is 6.58 Å². The molecule has 0 bridgehead atoms. The maximum atomic E-state index is 12.7. The van der Waals surface area contributed by atoms with E-state index in [0.29, 0.717) is 5.17 Å². The van der Waals surface area contributed by atoms with E-state index < -0.39 is 49.8 Å². The zero-order valence-corrected chi connectivity index (χ0v) is 21.7. The van der Waals surface area contributed by atoms with E-state index in [9.17, 15) is 15.0 Å². The zero-order chi connectivity index (χ0) is 23.8. The molecule has 0 radical (unpaired) electrons. The van der Waals surface area contributed by atoms with Crippen LogP contribution >= 0.6 is 11.8 Å². The fourth-order valence-corrected chi connectivity index (χ4v) is 5.11. The molecule has 2 aliphatic rings. The molecule has 0 aromatic carbocycles. The second-order valence-corrected chi connectivity index (χ2v) is 16.4. The molecule has 2 aliphatic heterocycles. The summed E-state index contributed by atoms with van der Waals surface area (Å²) in [6.07, 6.45) is -1.91. The van der Waals surface area contributed by atoms with Gasteiger partial charge in [-0.05, 0) is 38.9 Å². The first-order valence-corrected chi connectivity index (χ1v) is 14.4. The molecule has 1 amide bonds. The Morgan fingerprint density at radius 2 is 1.87 bits per heavy atom. The Hall–Kier alpha value is -0.913. The van der Waals surface area contributed by atoms with Crippen LogP contribution < -0.4 is 0 Å². The lowest BCUT2D eigenvalue weighted by molar-refractivity contribution is -0.162. The molecule has 0 aliphatic carbocycles. The molecule has 2 N–H and O–H groups in total. The van der Waals surface area contributed by atoms with Gasteiger partial charge in [0.15, 0.2) is 13.5 Å². The second kappa shape index (κ2) is 9.52. The van der Waals surface area contributed by atoms with Gasteiger partial charge in [0, 0.05) is 6.54 Å². The first-order chi connectivity index (χ1) is 14.1. The van der Waals surface area contributed by atoms with E-state index in [4.69, 9.17) is 13.9 Å². The lowest BCUT2D eigenvalue weighted by atomic mass is 9.99. The van der Waals surface area contributed by atoms with Crippen LogP contribution in [0, 0.1) is 0 Å². The van der Waals surface area contributed by atoms with Gasteiger partial charge in [-0.2, -0.15) is 0 Å². The Kier molecular flexibility index (Phi) is 8.09. The number of amidine groups is 1. The average molecular weight is 475 g/mol. The molecular formula is C21H38N2O6SSi. The van der Waals surface area contributed by atoms with Gasteiger partial charge in [0.25, 0.3) is 0 Å². The van der Waals surface area contributed by atoms with Crippen molar-refractivity contribution in [2.45, 2.75) is 95.1 Å². The molecule has 8 nitrogen and oxygen atoms in total. The normalized spacial score (nSPS) is 29.2. The van der Waals surface area contributed by atoms with Crippen molar-refractivity contribution in [3.05, 3.63) is 12.7 Å². The largest absolute Gasteiger partial charge is 0.443 e. The highest BCUT2D eigenvalue weighted by molar-refractivity contribution is 8.14. The Morgan fingerprint density at radius 3 is 2.39 bits per heavy atom. The van der Waals surface area contributed by atoms with Crippen LogP contribution in [0.25, 0.3) is 0 Å². The Bertz CT molecular complexity index is 703. The molecule has 5 atom stereocenters. The number of carbonyl (C=O) groups is 1. The van der Waals surface area contributed by atoms with E-state index in [2.05, 4.69) is 45.4 Å². The highest BCUT2D eigenvalue weighted by Crippen LogP contribution is 2.40. The van der Waals surface area contributed by atoms with E-state index in [1.54, 1.807) is 26.8 Å². The number of carbonyl (C=O) groups excluding carboxylic acids is 1. The van der Waals surface area contributed by atoms with Gasteiger partial charge in [0.1, 0.15) is 35.4 Å². The summed E-state index contributed by atoms with van der Waals surface area (Å²) in [6.45, 7) is 20.1. The lowest BCUT2D eigenvalue weighted by Gasteiger charge is -2.41. The third-order valence-electron chi connectivity index (χ3n) is 5.72. The van der Waals surface area contributed by atoms with E-state index in [1.807, 2.05) is 0 Å². The summed E-state index contributed by atoms with van der Waals surface area (Å²) in [5.74, 6) is 0. The van der Waals surface area contributed by atoms with Crippen LogP contribution in [0.5, 0.6) is 0 Å².